The second-order valence-electron chi connectivity index (χ2n) is 2.95. The molecular weight excluding hydrogens is 208 g/mol. The summed E-state index contributed by atoms with van der Waals surface area (Å²) in [5.41, 5.74) is 6.03. The topological polar surface area (TPSA) is 89.4 Å². The minimum absolute atomic E-state index is 0.0151. The van der Waals surface area contributed by atoms with Gasteiger partial charge in [0.2, 0.25) is 0 Å². The van der Waals surface area contributed by atoms with E-state index in [2.05, 4.69) is 4.98 Å². The van der Waals surface area contributed by atoms with Gasteiger partial charge >= 0.3 is 5.97 Å². The Kier molecular flexibility index (Phi) is 3.49. The number of aromatic nitrogens is 1. The lowest BCUT2D eigenvalue weighted by atomic mass is 10.0. The average molecular weight is 219 g/mol. The lowest BCUT2D eigenvalue weighted by Crippen LogP contribution is -2.16. The number of carboxylic acid groups (broad SMARTS) is 1. The van der Waals surface area contributed by atoms with E-state index in [1.807, 2.05) is 0 Å². The molecule has 6 heteroatoms. The number of carbonyl (C=O) groups is 1. The Morgan fingerprint density at radius 2 is 2.43 bits per heavy atom. The van der Waals surface area contributed by atoms with Crippen LogP contribution < -0.4 is 5.73 Å². The molecule has 1 heterocycles. The number of halogens is 1. The Hall–Kier alpha value is -1.07. The normalized spacial score (nSPS) is 12.8. The molecule has 0 radical (unpaired) electrons. The van der Waals surface area contributed by atoms with Gasteiger partial charge in [-0.2, -0.15) is 0 Å². The van der Waals surface area contributed by atoms with E-state index >= 15 is 0 Å². The molecule has 0 amide bonds. The first-order valence-electron chi connectivity index (χ1n) is 4.09. The predicted octanol–water partition coefficient (Wildman–Crippen LogP) is 1.15. The molecule has 0 saturated carbocycles. The number of hydrogen-bond acceptors (Lipinski definition) is 4. The molecule has 1 rings (SSSR count). The van der Waals surface area contributed by atoms with Crippen LogP contribution in [0.3, 0.4) is 0 Å². The molecule has 1 aromatic rings. The van der Waals surface area contributed by atoms with E-state index in [0.29, 0.717) is 11.5 Å². The number of nitrogens with zero attached hydrogens (tertiary/aromatic N) is 1. The highest BCUT2D eigenvalue weighted by molar-refractivity contribution is 6.27. The minimum Gasteiger partial charge on any atom is -0.481 e. The van der Waals surface area contributed by atoms with Crippen LogP contribution in [-0.4, -0.2) is 22.6 Å². The highest BCUT2D eigenvalue weighted by atomic mass is 35.5. The maximum absolute atomic E-state index is 10.5. The van der Waals surface area contributed by atoms with E-state index in [1.165, 1.54) is 0 Å². The maximum atomic E-state index is 10.5. The number of oxazole rings is 1. The number of rotatable bonds is 4. The molecule has 5 nitrogen and oxygen atoms in total. The number of carboxylic acids is 1. The summed E-state index contributed by atoms with van der Waals surface area (Å²) in [6.45, 7) is 1.90. The van der Waals surface area contributed by atoms with Gasteiger partial charge in [-0.25, -0.2) is 4.98 Å². The Morgan fingerprint density at radius 3 is 2.79 bits per heavy atom. The molecule has 78 valence electrons. The number of hydrogen-bond donors (Lipinski definition) is 2. The summed E-state index contributed by atoms with van der Waals surface area (Å²) < 4.78 is 5.08. The summed E-state index contributed by atoms with van der Waals surface area (Å²) in [4.78, 5) is 14.3. The van der Waals surface area contributed by atoms with Gasteiger partial charge in [0.25, 0.3) is 5.35 Å². The van der Waals surface area contributed by atoms with E-state index in [1.54, 1.807) is 6.92 Å². The molecule has 0 aromatic carbocycles. The van der Waals surface area contributed by atoms with Crippen molar-refractivity contribution in [3.05, 3.63) is 16.8 Å². The Morgan fingerprint density at radius 1 is 1.79 bits per heavy atom. The van der Waals surface area contributed by atoms with Crippen LogP contribution in [0.5, 0.6) is 0 Å². The van der Waals surface area contributed by atoms with Crippen molar-refractivity contribution < 1.29 is 14.3 Å². The number of aryl methyl sites for hydroxylation is 1. The first-order valence-corrected chi connectivity index (χ1v) is 4.47. The molecule has 0 saturated heterocycles. The van der Waals surface area contributed by atoms with Gasteiger partial charge in [-0.1, -0.05) is 0 Å². The lowest BCUT2D eigenvalue weighted by Gasteiger charge is -2.08. The lowest BCUT2D eigenvalue weighted by molar-refractivity contribution is -0.137. The van der Waals surface area contributed by atoms with Crippen LogP contribution in [0.2, 0.25) is 5.35 Å². The van der Waals surface area contributed by atoms with Gasteiger partial charge in [0.05, 0.1) is 12.1 Å². The van der Waals surface area contributed by atoms with Crippen LogP contribution in [0.1, 0.15) is 23.8 Å². The quantitative estimate of drug-likeness (QED) is 0.792. The van der Waals surface area contributed by atoms with Crippen LogP contribution in [0.4, 0.5) is 0 Å². The monoisotopic (exact) mass is 218 g/mol. The minimum atomic E-state index is -0.924. The maximum Gasteiger partial charge on any atom is 0.304 e. The third-order valence-electron chi connectivity index (χ3n) is 1.88. The van der Waals surface area contributed by atoms with Gasteiger partial charge in [-0.3, -0.25) is 4.79 Å². The zero-order chi connectivity index (χ0) is 10.7. The van der Waals surface area contributed by atoms with Crippen LogP contribution in [0, 0.1) is 6.92 Å². The van der Waals surface area contributed by atoms with Gasteiger partial charge in [0.15, 0.2) is 0 Å². The SMILES string of the molecule is Cc1nc(Cl)oc1C(CN)CC(=O)O. The average Bonchev–Trinajstić information content (AvgIpc) is 2.41. The fraction of sp³-hybridized carbons (Fsp3) is 0.500. The van der Waals surface area contributed by atoms with Crippen molar-refractivity contribution in [1.82, 2.24) is 4.98 Å². The van der Waals surface area contributed by atoms with Crippen LogP contribution >= 0.6 is 11.6 Å². The summed E-state index contributed by atoms with van der Waals surface area (Å²) >= 11 is 5.54. The fourth-order valence-corrected chi connectivity index (χ4v) is 1.46. The first kappa shape index (κ1) is 11.0. The first-order chi connectivity index (χ1) is 6.54. The van der Waals surface area contributed by atoms with E-state index < -0.39 is 5.97 Å². The van der Waals surface area contributed by atoms with Crippen LogP contribution in [0.15, 0.2) is 4.42 Å². The molecule has 0 fully saturated rings. The predicted molar refractivity (Wildman–Crippen MR) is 50.3 cm³/mol. The molecule has 0 spiro atoms. The molecule has 1 atom stereocenters. The van der Waals surface area contributed by atoms with Crippen molar-refractivity contribution in [2.75, 3.05) is 6.54 Å². The van der Waals surface area contributed by atoms with Gasteiger partial charge in [-0.05, 0) is 18.5 Å². The molecule has 1 unspecified atom stereocenters. The second-order valence-corrected chi connectivity index (χ2v) is 3.27. The summed E-state index contributed by atoms with van der Waals surface area (Å²) in [6.07, 6.45) is -0.0805. The Labute approximate surface area is 85.9 Å². The summed E-state index contributed by atoms with van der Waals surface area (Å²) in [7, 11) is 0. The smallest absolute Gasteiger partial charge is 0.304 e. The molecule has 0 aliphatic carbocycles. The summed E-state index contributed by atoms with van der Waals surface area (Å²) in [6, 6.07) is 0. The van der Waals surface area contributed by atoms with Crippen molar-refractivity contribution in [3.63, 3.8) is 0 Å². The van der Waals surface area contributed by atoms with Crippen molar-refractivity contribution >= 4 is 17.6 Å². The van der Waals surface area contributed by atoms with E-state index in [9.17, 15) is 4.79 Å². The molecule has 3 N–H and O–H groups in total. The fourth-order valence-electron chi connectivity index (χ4n) is 1.25. The zero-order valence-corrected chi connectivity index (χ0v) is 8.41. The molecular formula is C8H11ClN2O3. The van der Waals surface area contributed by atoms with Crippen LogP contribution in [-0.2, 0) is 4.79 Å². The standard InChI is InChI=1S/C8H11ClN2O3/c1-4-7(14-8(9)11-4)5(3-10)2-6(12)13/h5H,2-3,10H2,1H3,(H,12,13). The van der Waals surface area contributed by atoms with Gasteiger partial charge in [0.1, 0.15) is 5.76 Å². The molecule has 0 aliphatic heterocycles. The van der Waals surface area contributed by atoms with E-state index in [4.69, 9.17) is 26.9 Å². The second kappa shape index (κ2) is 4.43. The molecule has 0 bridgehead atoms. The molecule has 0 aliphatic rings. The molecule has 14 heavy (non-hydrogen) atoms. The van der Waals surface area contributed by atoms with Crippen molar-refractivity contribution in [3.8, 4) is 0 Å². The third-order valence-corrected chi connectivity index (χ3v) is 2.04. The van der Waals surface area contributed by atoms with Gasteiger partial charge in [0, 0.05) is 12.5 Å². The largest absolute Gasteiger partial charge is 0.481 e. The van der Waals surface area contributed by atoms with Gasteiger partial charge in [-0.15, -0.1) is 0 Å². The number of nitrogens with two attached hydrogens (primary N) is 1. The zero-order valence-electron chi connectivity index (χ0n) is 7.66. The Balaban J connectivity index is 2.88. The molecule has 1 aromatic heterocycles. The van der Waals surface area contributed by atoms with Crippen molar-refractivity contribution in [2.45, 2.75) is 19.3 Å². The van der Waals surface area contributed by atoms with Gasteiger partial charge < -0.3 is 15.3 Å². The van der Waals surface area contributed by atoms with E-state index in [-0.39, 0.29) is 24.2 Å². The highest BCUT2D eigenvalue weighted by Gasteiger charge is 2.21. The van der Waals surface area contributed by atoms with Crippen LogP contribution in [0.25, 0.3) is 0 Å². The van der Waals surface area contributed by atoms with E-state index in [0.717, 1.165) is 0 Å². The number of aliphatic carboxylic acids is 1. The van der Waals surface area contributed by atoms with Crippen molar-refractivity contribution in [1.29, 1.82) is 0 Å². The highest BCUT2D eigenvalue weighted by Crippen LogP contribution is 2.25. The third kappa shape index (κ3) is 2.46. The Bertz CT molecular complexity index is 337. The summed E-state index contributed by atoms with van der Waals surface area (Å²) in [5, 5.41) is 8.64. The van der Waals surface area contributed by atoms with Crippen molar-refractivity contribution in [2.24, 2.45) is 5.73 Å². The summed E-state index contributed by atoms with van der Waals surface area (Å²) in [5.74, 6) is -0.834.